The zero-order valence-electron chi connectivity index (χ0n) is 12.6. The van der Waals surface area contributed by atoms with E-state index < -0.39 is 17.8 Å². The first-order valence-electron chi connectivity index (χ1n) is 6.77. The molecular formula is C15H15N3O5. The fourth-order valence-corrected chi connectivity index (χ4v) is 1.91. The Balaban J connectivity index is 2.15. The van der Waals surface area contributed by atoms with Gasteiger partial charge in [0.1, 0.15) is 5.56 Å². The molecule has 0 spiro atoms. The standard InChI is InChI=1S/C15H15N3O5/c1-3-23-15(22)9-4-6-10(7-5-9)16-13(19)12-11(14(20)21)8-18(2)17-12/h4-8H,3H2,1-2H3,(H,16,19)(H,20,21). The van der Waals surface area contributed by atoms with Crippen LogP contribution >= 0.6 is 0 Å². The predicted octanol–water partition coefficient (Wildman–Crippen LogP) is 1.55. The van der Waals surface area contributed by atoms with E-state index in [1.54, 1.807) is 6.92 Å². The van der Waals surface area contributed by atoms with Crippen LogP contribution in [0.25, 0.3) is 0 Å². The molecule has 1 heterocycles. The van der Waals surface area contributed by atoms with Gasteiger partial charge in [0.15, 0.2) is 5.69 Å². The minimum Gasteiger partial charge on any atom is -0.478 e. The number of aromatic carboxylic acids is 1. The lowest BCUT2D eigenvalue weighted by molar-refractivity contribution is 0.0525. The van der Waals surface area contributed by atoms with Crippen LogP contribution in [0.4, 0.5) is 5.69 Å². The Morgan fingerprint density at radius 3 is 2.48 bits per heavy atom. The van der Waals surface area contributed by atoms with Crippen molar-refractivity contribution in [2.24, 2.45) is 7.05 Å². The monoisotopic (exact) mass is 317 g/mol. The normalized spacial score (nSPS) is 10.2. The summed E-state index contributed by atoms with van der Waals surface area (Å²) in [4.78, 5) is 34.8. The van der Waals surface area contributed by atoms with Gasteiger partial charge in [-0.05, 0) is 31.2 Å². The van der Waals surface area contributed by atoms with Crippen LogP contribution in [0, 0.1) is 0 Å². The second-order valence-electron chi connectivity index (χ2n) is 4.62. The molecule has 0 saturated carbocycles. The molecule has 0 unspecified atom stereocenters. The third-order valence-corrected chi connectivity index (χ3v) is 2.93. The van der Waals surface area contributed by atoms with E-state index in [0.29, 0.717) is 11.3 Å². The highest BCUT2D eigenvalue weighted by Crippen LogP contribution is 2.14. The van der Waals surface area contributed by atoms with E-state index in [4.69, 9.17) is 9.84 Å². The molecule has 8 nitrogen and oxygen atoms in total. The van der Waals surface area contributed by atoms with Crippen molar-refractivity contribution in [1.82, 2.24) is 9.78 Å². The summed E-state index contributed by atoms with van der Waals surface area (Å²) in [5.41, 5.74) is 0.390. The molecule has 2 N–H and O–H groups in total. The molecule has 2 aromatic rings. The lowest BCUT2D eigenvalue weighted by Crippen LogP contribution is -2.16. The van der Waals surface area contributed by atoms with Gasteiger partial charge in [-0.1, -0.05) is 0 Å². The fourth-order valence-electron chi connectivity index (χ4n) is 1.91. The number of anilines is 1. The molecule has 0 bridgehead atoms. The maximum absolute atomic E-state index is 12.1. The average Bonchev–Trinajstić information content (AvgIpc) is 2.90. The van der Waals surface area contributed by atoms with Crippen LogP contribution in [-0.4, -0.2) is 39.3 Å². The van der Waals surface area contributed by atoms with Crippen LogP contribution in [0.5, 0.6) is 0 Å². The maximum atomic E-state index is 12.1. The van der Waals surface area contributed by atoms with E-state index in [-0.39, 0.29) is 17.9 Å². The topological polar surface area (TPSA) is 111 Å². The quantitative estimate of drug-likeness (QED) is 0.809. The van der Waals surface area contributed by atoms with Crippen LogP contribution in [0.1, 0.15) is 38.1 Å². The van der Waals surface area contributed by atoms with E-state index in [2.05, 4.69) is 10.4 Å². The predicted molar refractivity (Wildman–Crippen MR) is 80.5 cm³/mol. The van der Waals surface area contributed by atoms with Gasteiger partial charge in [-0.15, -0.1) is 0 Å². The second-order valence-corrected chi connectivity index (χ2v) is 4.62. The Hall–Kier alpha value is -3.16. The maximum Gasteiger partial charge on any atom is 0.339 e. The number of benzene rings is 1. The molecule has 0 aliphatic heterocycles. The highest BCUT2D eigenvalue weighted by atomic mass is 16.5. The minimum absolute atomic E-state index is 0.186. The Morgan fingerprint density at radius 1 is 1.26 bits per heavy atom. The van der Waals surface area contributed by atoms with Crippen molar-refractivity contribution in [3.8, 4) is 0 Å². The fraction of sp³-hybridized carbons (Fsp3) is 0.200. The summed E-state index contributed by atoms with van der Waals surface area (Å²) in [6.07, 6.45) is 1.25. The van der Waals surface area contributed by atoms with Crippen LogP contribution in [-0.2, 0) is 11.8 Å². The summed E-state index contributed by atoms with van der Waals surface area (Å²) < 4.78 is 6.11. The van der Waals surface area contributed by atoms with Crippen LogP contribution in [0.15, 0.2) is 30.5 Å². The van der Waals surface area contributed by atoms with Crippen LogP contribution < -0.4 is 5.32 Å². The zero-order chi connectivity index (χ0) is 17.0. The minimum atomic E-state index is -1.24. The Bertz CT molecular complexity index is 749. The number of ether oxygens (including phenoxy) is 1. The molecule has 0 aliphatic carbocycles. The molecule has 120 valence electrons. The summed E-state index contributed by atoms with van der Waals surface area (Å²) >= 11 is 0. The van der Waals surface area contributed by atoms with Gasteiger partial charge >= 0.3 is 11.9 Å². The van der Waals surface area contributed by atoms with Crippen molar-refractivity contribution in [2.75, 3.05) is 11.9 Å². The summed E-state index contributed by atoms with van der Waals surface area (Å²) in [5.74, 6) is -2.34. The number of aromatic nitrogens is 2. The van der Waals surface area contributed by atoms with Gasteiger partial charge in [0, 0.05) is 18.9 Å². The van der Waals surface area contributed by atoms with Crippen molar-refractivity contribution < 1.29 is 24.2 Å². The third-order valence-electron chi connectivity index (χ3n) is 2.93. The molecule has 1 amide bonds. The van der Waals surface area contributed by atoms with Gasteiger partial charge in [0.05, 0.1) is 12.2 Å². The van der Waals surface area contributed by atoms with Gasteiger partial charge in [0.25, 0.3) is 5.91 Å². The first-order valence-corrected chi connectivity index (χ1v) is 6.77. The van der Waals surface area contributed by atoms with Crippen LogP contribution in [0.3, 0.4) is 0 Å². The van der Waals surface area contributed by atoms with E-state index in [1.807, 2.05) is 0 Å². The van der Waals surface area contributed by atoms with E-state index in [9.17, 15) is 14.4 Å². The summed E-state index contributed by atoms with van der Waals surface area (Å²) in [7, 11) is 1.53. The molecule has 1 aromatic carbocycles. The van der Waals surface area contributed by atoms with Gasteiger partial charge in [-0.25, -0.2) is 9.59 Å². The Morgan fingerprint density at radius 2 is 1.91 bits per heavy atom. The Labute approximate surface area is 131 Å². The molecule has 0 aliphatic rings. The van der Waals surface area contributed by atoms with Gasteiger partial charge < -0.3 is 15.2 Å². The number of rotatable bonds is 5. The zero-order valence-corrected chi connectivity index (χ0v) is 12.6. The molecule has 23 heavy (non-hydrogen) atoms. The number of nitrogens with zero attached hydrogens (tertiary/aromatic N) is 2. The van der Waals surface area contributed by atoms with E-state index in [0.717, 1.165) is 0 Å². The summed E-state index contributed by atoms with van der Waals surface area (Å²) in [6, 6.07) is 6.05. The molecule has 0 radical (unpaired) electrons. The molecule has 8 heteroatoms. The number of hydrogen-bond acceptors (Lipinski definition) is 5. The smallest absolute Gasteiger partial charge is 0.339 e. The lowest BCUT2D eigenvalue weighted by atomic mass is 10.2. The molecule has 0 saturated heterocycles. The van der Waals surface area contributed by atoms with Gasteiger partial charge in [-0.3, -0.25) is 9.48 Å². The number of carbonyl (C=O) groups is 3. The molecule has 0 fully saturated rings. The third kappa shape index (κ3) is 3.73. The van der Waals surface area contributed by atoms with E-state index in [1.165, 1.54) is 42.2 Å². The van der Waals surface area contributed by atoms with Crippen LogP contribution in [0.2, 0.25) is 0 Å². The SMILES string of the molecule is CCOC(=O)c1ccc(NC(=O)c2nn(C)cc2C(=O)O)cc1. The highest BCUT2D eigenvalue weighted by Gasteiger charge is 2.21. The van der Waals surface area contributed by atoms with E-state index >= 15 is 0 Å². The number of carboxylic acid groups (broad SMARTS) is 1. The van der Waals surface area contributed by atoms with Gasteiger partial charge in [-0.2, -0.15) is 5.10 Å². The van der Waals surface area contributed by atoms with Crippen molar-refractivity contribution in [1.29, 1.82) is 0 Å². The Kier molecular flexibility index (Phi) is 4.75. The van der Waals surface area contributed by atoms with Crippen molar-refractivity contribution in [3.63, 3.8) is 0 Å². The second kappa shape index (κ2) is 6.73. The first kappa shape index (κ1) is 16.2. The van der Waals surface area contributed by atoms with Crippen molar-refractivity contribution in [3.05, 3.63) is 47.3 Å². The molecule has 2 rings (SSSR count). The number of hydrogen-bond donors (Lipinski definition) is 2. The average molecular weight is 317 g/mol. The molecule has 0 atom stereocenters. The van der Waals surface area contributed by atoms with Crippen molar-refractivity contribution in [2.45, 2.75) is 6.92 Å². The number of aryl methyl sites for hydroxylation is 1. The number of esters is 1. The highest BCUT2D eigenvalue weighted by molar-refractivity contribution is 6.09. The lowest BCUT2D eigenvalue weighted by Gasteiger charge is -2.05. The van der Waals surface area contributed by atoms with Gasteiger partial charge in [0.2, 0.25) is 0 Å². The number of carbonyl (C=O) groups excluding carboxylic acids is 2. The molecule has 1 aromatic heterocycles. The summed E-state index contributed by atoms with van der Waals surface area (Å²) in [5, 5.41) is 15.4. The number of nitrogens with one attached hydrogen (secondary N) is 1. The number of carboxylic acids is 1. The first-order chi connectivity index (χ1) is 10.9. The number of amides is 1. The molecular weight excluding hydrogens is 302 g/mol. The van der Waals surface area contributed by atoms with Crippen molar-refractivity contribution >= 4 is 23.5 Å². The largest absolute Gasteiger partial charge is 0.478 e. The summed E-state index contributed by atoms with van der Waals surface area (Å²) in [6.45, 7) is 1.98.